The summed E-state index contributed by atoms with van der Waals surface area (Å²) in [7, 11) is 1.55. The lowest BCUT2D eigenvalue weighted by Crippen LogP contribution is -2.43. The van der Waals surface area contributed by atoms with Gasteiger partial charge in [-0.1, -0.05) is 11.6 Å². The van der Waals surface area contributed by atoms with Crippen molar-refractivity contribution in [3.8, 4) is 0 Å². The summed E-state index contributed by atoms with van der Waals surface area (Å²) in [5.74, 6) is 0.0905. The maximum absolute atomic E-state index is 11.6. The van der Waals surface area contributed by atoms with Crippen LogP contribution in [0.1, 0.15) is 0 Å². The summed E-state index contributed by atoms with van der Waals surface area (Å²) in [6.07, 6.45) is 0. The molecule has 0 spiro atoms. The molecule has 17 heavy (non-hydrogen) atoms. The number of carbonyl (C=O) groups excluding carboxylic acids is 2. The first-order valence-corrected chi connectivity index (χ1v) is 5.95. The highest BCUT2D eigenvalue weighted by molar-refractivity contribution is 7.14. The normalized spacial score (nSPS) is 14.8. The molecule has 0 radical (unpaired) electrons. The van der Waals surface area contributed by atoms with Crippen molar-refractivity contribution < 1.29 is 9.59 Å². The number of guanidine groups is 1. The number of anilines is 1. The molecular weight excluding hydrogens is 264 g/mol. The molecule has 0 aromatic carbocycles. The van der Waals surface area contributed by atoms with Crippen molar-refractivity contribution in [1.29, 1.82) is 0 Å². The van der Waals surface area contributed by atoms with E-state index in [0.717, 1.165) is 0 Å². The van der Waals surface area contributed by atoms with Gasteiger partial charge in [-0.15, -0.1) is 11.3 Å². The van der Waals surface area contributed by atoms with Crippen molar-refractivity contribution in [1.82, 2.24) is 10.2 Å². The zero-order chi connectivity index (χ0) is 12.4. The molecule has 2 rings (SSSR count). The van der Waals surface area contributed by atoms with Crippen LogP contribution in [0, 0.1) is 0 Å². The standard InChI is InChI=1S/C9H9ClN4O2S/c1-14-7(15)3-11-8(14)13-9(16)12-5-2-6(10)17-4-5/h2,4H,3H2,1H3,(H2,11,12,13,16). The van der Waals surface area contributed by atoms with Crippen molar-refractivity contribution in [2.75, 3.05) is 18.9 Å². The second-order valence-electron chi connectivity index (χ2n) is 3.31. The number of hydrogen-bond acceptors (Lipinski definition) is 4. The lowest BCUT2D eigenvalue weighted by atomic mass is 10.5. The third-order valence-corrected chi connectivity index (χ3v) is 3.20. The highest BCUT2D eigenvalue weighted by Crippen LogP contribution is 2.23. The van der Waals surface area contributed by atoms with E-state index in [0.29, 0.717) is 10.0 Å². The summed E-state index contributed by atoms with van der Waals surface area (Å²) >= 11 is 7.04. The Morgan fingerprint density at radius 1 is 1.59 bits per heavy atom. The van der Waals surface area contributed by atoms with Crippen molar-refractivity contribution in [2.45, 2.75) is 0 Å². The zero-order valence-corrected chi connectivity index (χ0v) is 10.4. The Hall–Kier alpha value is -1.60. The minimum Gasteiger partial charge on any atom is -0.307 e. The minimum atomic E-state index is -0.459. The lowest BCUT2D eigenvalue weighted by molar-refractivity contribution is -0.123. The molecule has 0 atom stereocenters. The van der Waals surface area contributed by atoms with Gasteiger partial charge in [0, 0.05) is 12.4 Å². The first kappa shape index (κ1) is 11.9. The van der Waals surface area contributed by atoms with E-state index in [1.54, 1.807) is 18.5 Å². The molecule has 0 fully saturated rings. The number of nitrogens with one attached hydrogen (secondary N) is 2. The molecule has 1 aliphatic rings. The molecule has 1 aromatic rings. The number of thiophene rings is 1. The number of urea groups is 1. The Bertz CT molecular complexity index is 499. The van der Waals surface area contributed by atoms with Gasteiger partial charge in [0.2, 0.25) is 5.96 Å². The lowest BCUT2D eigenvalue weighted by Gasteiger charge is -2.12. The molecule has 3 amide bonds. The minimum absolute atomic E-state index is 0.0659. The highest BCUT2D eigenvalue weighted by atomic mass is 35.5. The maximum atomic E-state index is 11.6. The Morgan fingerprint density at radius 2 is 2.35 bits per heavy atom. The number of nitrogens with zero attached hydrogens (tertiary/aromatic N) is 2. The summed E-state index contributed by atoms with van der Waals surface area (Å²) < 4.78 is 0.589. The predicted octanol–water partition coefficient (Wildman–Crippen LogP) is 1.35. The third-order valence-electron chi connectivity index (χ3n) is 2.11. The van der Waals surface area contributed by atoms with Crippen LogP contribution in [0.25, 0.3) is 0 Å². The Labute approximate surface area is 106 Å². The zero-order valence-electron chi connectivity index (χ0n) is 8.86. The molecule has 1 aromatic heterocycles. The first-order chi connectivity index (χ1) is 8.06. The van der Waals surface area contributed by atoms with Crippen LogP contribution in [-0.4, -0.2) is 36.4 Å². The van der Waals surface area contributed by atoms with E-state index in [4.69, 9.17) is 11.6 Å². The number of rotatable bonds is 1. The monoisotopic (exact) mass is 272 g/mol. The molecule has 0 bridgehead atoms. The van der Waals surface area contributed by atoms with Gasteiger partial charge in [0.05, 0.1) is 10.0 Å². The van der Waals surface area contributed by atoms with Crippen molar-refractivity contribution in [2.24, 2.45) is 4.99 Å². The largest absolute Gasteiger partial charge is 0.326 e. The summed E-state index contributed by atoms with van der Waals surface area (Å²) in [6, 6.07) is 1.18. The van der Waals surface area contributed by atoms with Gasteiger partial charge in [-0.3, -0.25) is 15.0 Å². The first-order valence-electron chi connectivity index (χ1n) is 4.69. The summed E-state index contributed by atoms with van der Waals surface area (Å²) in [5, 5.41) is 6.78. The van der Waals surface area contributed by atoms with Crippen molar-refractivity contribution >= 4 is 46.5 Å². The summed E-state index contributed by atoms with van der Waals surface area (Å²) in [4.78, 5) is 27.9. The Balaban J connectivity index is 1.92. The summed E-state index contributed by atoms with van der Waals surface area (Å²) in [6.45, 7) is 0.0659. The molecule has 2 N–H and O–H groups in total. The van der Waals surface area contributed by atoms with Gasteiger partial charge < -0.3 is 5.32 Å². The fraction of sp³-hybridized carbons (Fsp3) is 0.222. The molecule has 8 heteroatoms. The SMILES string of the molecule is CN1C(=O)CN=C1NC(=O)Nc1csc(Cl)c1. The number of amides is 3. The average molecular weight is 273 g/mol. The van der Waals surface area contributed by atoms with Crippen LogP contribution in [0.15, 0.2) is 16.4 Å². The quantitative estimate of drug-likeness (QED) is 0.810. The molecule has 0 saturated carbocycles. The van der Waals surface area contributed by atoms with Gasteiger partial charge in [0.1, 0.15) is 6.54 Å². The second kappa shape index (κ2) is 4.72. The van der Waals surface area contributed by atoms with E-state index in [1.165, 1.54) is 16.2 Å². The number of halogens is 1. The van der Waals surface area contributed by atoms with Crippen LogP contribution in [0.2, 0.25) is 4.34 Å². The fourth-order valence-corrected chi connectivity index (χ4v) is 2.05. The van der Waals surface area contributed by atoms with Crippen LogP contribution in [-0.2, 0) is 4.79 Å². The van der Waals surface area contributed by atoms with Gasteiger partial charge in [-0.25, -0.2) is 9.79 Å². The van der Waals surface area contributed by atoms with Gasteiger partial charge in [-0.05, 0) is 6.07 Å². The number of hydrogen-bond donors (Lipinski definition) is 2. The van der Waals surface area contributed by atoms with E-state index in [-0.39, 0.29) is 18.4 Å². The van der Waals surface area contributed by atoms with E-state index in [9.17, 15) is 9.59 Å². The van der Waals surface area contributed by atoms with Gasteiger partial charge in [-0.2, -0.15) is 0 Å². The van der Waals surface area contributed by atoms with Crippen molar-refractivity contribution in [3.63, 3.8) is 0 Å². The molecule has 2 heterocycles. The van der Waals surface area contributed by atoms with E-state index in [1.807, 2.05) is 0 Å². The van der Waals surface area contributed by atoms with E-state index in [2.05, 4.69) is 15.6 Å². The second-order valence-corrected chi connectivity index (χ2v) is 4.85. The molecule has 0 aliphatic carbocycles. The fourth-order valence-electron chi connectivity index (χ4n) is 1.24. The molecule has 0 unspecified atom stereocenters. The number of likely N-dealkylation sites (N-methyl/N-ethyl adjacent to an activating group) is 1. The molecule has 1 aliphatic heterocycles. The van der Waals surface area contributed by atoms with Crippen LogP contribution in [0.4, 0.5) is 10.5 Å². The van der Waals surface area contributed by atoms with Crippen molar-refractivity contribution in [3.05, 3.63) is 15.8 Å². The average Bonchev–Trinajstić information content (AvgIpc) is 2.79. The number of aliphatic imine (C=N–C) groups is 1. The molecular formula is C9H9ClN4O2S. The molecule has 6 nitrogen and oxygen atoms in total. The third kappa shape index (κ3) is 2.75. The highest BCUT2D eigenvalue weighted by Gasteiger charge is 2.22. The topological polar surface area (TPSA) is 73.8 Å². The van der Waals surface area contributed by atoms with Crippen LogP contribution in [0.5, 0.6) is 0 Å². The van der Waals surface area contributed by atoms with Gasteiger partial charge in [0.25, 0.3) is 5.91 Å². The number of carbonyl (C=O) groups is 2. The Morgan fingerprint density at radius 3 is 2.88 bits per heavy atom. The summed E-state index contributed by atoms with van der Waals surface area (Å²) in [5.41, 5.74) is 0.602. The predicted molar refractivity (Wildman–Crippen MR) is 66.6 cm³/mol. The van der Waals surface area contributed by atoms with E-state index >= 15 is 0 Å². The van der Waals surface area contributed by atoms with Gasteiger partial charge in [0.15, 0.2) is 0 Å². The smallest absolute Gasteiger partial charge is 0.307 e. The Kier molecular flexibility index (Phi) is 3.30. The molecule has 90 valence electrons. The maximum Gasteiger partial charge on any atom is 0.326 e. The van der Waals surface area contributed by atoms with E-state index < -0.39 is 6.03 Å². The van der Waals surface area contributed by atoms with Crippen LogP contribution < -0.4 is 10.6 Å². The van der Waals surface area contributed by atoms with Crippen LogP contribution >= 0.6 is 22.9 Å². The molecule has 0 saturated heterocycles. The van der Waals surface area contributed by atoms with Crippen LogP contribution in [0.3, 0.4) is 0 Å². The van der Waals surface area contributed by atoms with Gasteiger partial charge >= 0.3 is 6.03 Å².